The Morgan fingerprint density at radius 1 is 1.22 bits per heavy atom. The molecule has 0 bridgehead atoms. The molecule has 0 heterocycles. The molecule has 2 unspecified atom stereocenters. The molecule has 1 aromatic carbocycles. The van der Waals surface area contributed by atoms with E-state index in [9.17, 15) is 14.4 Å². The predicted molar refractivity (Wildman–Crippen MR) is 83.5 cm³/mol. The zero-order valence-electron chi connectivity index (χ0n) is 13.3. The average Bonchev–Trinajstić information content (AvgIpc) is 2.44. The lowest BCUT2D eigenvalue weighted by atomic mass is 9.73. The Kier molecular flexibility index (Phi) is 4.88. The van der Waals surface area contributed by atoms with E-state index in [1.807, 2.05) is 0 Å². The Morgan fingerprint density at radius 3 is 2.35 bits per heavy atom. The maximum atomic E-state index is 12.3. The zero-order chi connectivity index (χ0) is 17.1. The number of carbonyl (C=O) groups excluding carboxylic acids is 2. The van der Waals surface area contributed by atoms with E-state index in [0.717, 1.165) is 0 Å². The number of anilines is 1. The minimum atomic E-state index is -0.958. The first-order valence-electron chi connectivity index (χ1n) is 7.28. The van der Waals surface area contributed by atoms with E-state index in [1.165, 1.54) is 18.1 Å². The van der Waals surface area contributed by atoms with E-state index >= 15 is 0 Å². The molecule has 0 saturated heterocycles. The Labute approximate surface area is 134 Å². The summed E-state index contributed by atoms with van der Waals surface area (Å²) in [5, 5.41) is 11.7. The summed E-state index contributed by atoms with van der Waals surface area (Å²) in [4.78, 5) is 36.8. The number of methoxy groups -OCH3 is 1. The van der Waals surface area contributed by atoms with Crippen LogP contribution < -0.4 is 10.1 Å². The Balaban J connectivity index is 2.20. The van der Waals surface area contributed by atoms with Crippen LogP contribution >= 0.6 is 0 Å². The van der Waals surface area contributed by atoms with Crippen molar-refractivity contribution in [2.45, 2.75) is 12.8 Å². The van der Waals surface area contributed by atoms with Gasteiger partial charge in [0.2, 0.25) is 5.91 Å². The van der Waals surface area contributed by atoms with Crippen LogP contribution in [0.4, 0.5) is 5.69 Å². The molecular weight excluding hydrogens is 300 g/mol. The molecule has 1 aliphatic rings. The molecule has 0 radical (unpaired) electrons. The third-order valence-electron chi connectivity index (χ3n) is 4.04. The molecule has 7 nitrogen and oxygen atoms in total. The van der Waals surface area contributed by atoms with E-state index in [-0.39, 0.29) is 11.8 Å². The molecule has 2 atom stereocenters. The van der Waals surface area contributed by atoms with Crippen LogP contribution in [-0.2, 0) is 9.59 Å². The van der Waals surface area contributed by atoms with Crippen molar-refractivity contribution in [1.29, 1.82) is 0 Å². The van der Waals surface area contributed by atoms with Gasteiger partial charge in [0, 0.05) is 19.7 Å². The van der Waals surface area contributed by atoms with Gasteiger partial charge in [-0.2, -0.15) is 0 Å². The van der Waals surface area contributed by atoms with Crippen molar-refractivity contribution in [3.8, 4) is 5.75 Å². The van der Waals surface area contributed by atoms with Crippen LogP contribution in [0.1, 0.15) is 23.2 Å². The first-order valence-corrected chi connectivity index (χ1v) is 7.28. The largest absolute Gasteiger partial charge is 0.495 e. The number of carboxylic acids is 1. The third-order valence-corrected chi connectivity index (χ3v) is 4.04. The summed E-state index contributed by atoms with van der Waals surface area (Å²) in [7, 11) is 4.73. The Hall–Kier alpha value is -2.57. The van der Waals surface area contributed by atoms with Gasteiger partial charge in [-0.15, -0.1) is 0 Å². The number of rotatable bonds is 5. The van der Waals surface area contributed by atoms with Crippen molar-refractivity contribution in [3.05, 3.63) is 23.8 Å². The van der Waals surface area contributed by atoms with Crippen molar-refractivity contribution in [3.63, 3.8) is 0 Å². The smallest absolute Gasteiger partial charge is 0.307 e. The highest BCUT2D eigenvalue weighted by Gasteiger charge is 2.41. The minimum Gasteiger partial charge on any atom is -0.495 e. The molecule has 0 spiro atoms. The van der Waals surface area contributed by atoms with Gasteiger partial charge < -0.3 is 20.1 Å². The third kappa shape index (κ3) is 3.44. The summed E-state index contributed by atoms with van der Waals surface area (Å²) in [6.45, 7) is 0. The van der Waals surface area contributed by atoms with E-state index in [0.29, 0.717) is 29.8 Å². The van der Waals surface area contributed by atoms with Gasteiger partial charge in [-0.05, 0) is 31.0 Å². The van der Waals surface area contributed by atoms with Crippen molar-refractivity contribution < 1.29 is 24.2 Å². The van der Waals surface area contributed by atoms with Crippen LogP contribution in [0.15, 0.2) is 18.2 Å². The highest BCUT2D eigenvalue weighted by atomic mass is 16.5. The molecule has 1 aromatic rings. The number of benzene rings is 1. The second kappa shape index (κ2) is 6.68. The summed E-state index contributed by atoms with van der Waals surface area (Å²) in [5.74, 6) is -2.30. The van der Waals surface area contributed by atoms with Gasteiger partial charge in [0.15, 0.2) is 0 Å². The quantitative estimate of drug-likeness (QED) is 0.856. The highest BCUT2D eigenvalue weighted by Crippen LogP contribution is 2.36. The van der Waals surface area contributed by atoms with Gasteiger partial charge in [0.25, 0.3) is 5.91 Å². The number of ether oxygens (including phenoxy) is 1. The van der Waals surface area contributed by atoms with Crippen LogP contribution in [0.25, 0.3) is 0 Å². The Morgan fingerprint density at radius 2 is 1.87 bits per heavy atom. The summed E-state index contributed by atoms with van der Waals surface area (Å²) in [6.07, 6.45) is 1.05. The molecule has 124 valence electrons. The van der Waals surface area contributed by atoms with Gasteiger partial charge in [0.05, 0.1) is 24.6 Å². The molecule has 2 N–H and O–H groups in total. The predicted octanol–water partition coefficient (Wildman–Crippen LogP) is 1.45. The number of carbonyl (C=O) groups is 3. The topological polar surface area (TPSA) is 95.9 Å². The lowest BCUT2D eigenvalue weighted by Crippen LogP contribution is -2.41. The van der Waals surface area contributed by atoms with Crippen LogP contribution in [0.5, 0.6) is 5.75 Å². The van der Waals surface area contributed by atoms with Gasteiger partial charge in [-0.25, -0.2) is 0 Å². The first kappa shape index (κ1) is 16.8. The molecule has 0 aromatic heterocycles. The van der Waals surface area contributed by atoms with Crippen molar-refractivity contribution in [1.82, 2.24) is 4.90 Å². The lowest BCUT2D eigenvalue weighted by molar-refractivity contribution is -0.151. The normalized spacial score (nSPS) is 19.4. The number of amides is 2. The maximum Gasteiger partial charge on any atom is 0.307 e. The number of aliphatic carboxylic acids is 1. The zero-order valence-corrected chi connectivity index (χ0v) is 13.3. The summed E-state index contributed by atoms with van der Waals surface area (Å²) >= 11 is 0. The maximum absolute atomic E-state index is 12.3. The number of carboxylic acid groups (broad SMARTS) is 1. The van der Waals surface area contributed by atoms with Gasteiger partial charge in [-0.1, -0.05) is 0 Å². The first-order chi connectivity index (χ1) is 10.8. The molecule has 23 heavy (non-hydrogen) atoms. The van der Waals surface area contributed by atoms with E-state index in [4.69, 9.17) is 9.84 Å². The van der Waals surface area contributed by atoms with E-state index < -0.39 is 17.8 Å². The van der Waals surface area contributed by atoms with Crippen LogP contribution in [0.3, 0.4) is 0 Å². The number of hydrogen-bond donors (Lipinski definition) is 2. The lowest BCUT2D eigenvalue weighted by Gasteiger charge is -2.32. The fourth-order valence-corrected chi connectivity index (χ4v) is 2.53. The molecule has 7 heteroatoms. The number of nitrogens with zero attached hydrogens (tertiary/aromatic N) is 1. The SMILES string of the molecule is COc1ccc(C(=O)N(C)C)cc1NC(=O)C1CCC1C(=O)O. The van der Waals surface area contributed by atoms with Gasteiger partial charge in [-0.3, -0.25) is 14.4 Å². The second-order valence-electron chi connectivity index (χ2n) is 5.73. The van der Waals surface area contributed by atoms with E-state index in [2.05, 4.69) is 5.32 Å². The fraction of sp³-hybridized carbons (Fsp3) is 0.438. The number of hydrogen-bond acceptors (Lipinski definition) is 4. The monoisotopic (exact) mass is 320 g/mol. The van der Waals surface area contributed by atoms with Gasteiger partial charge in [0.1, 0.15) is 5.75 Å². The summed E-state index contributed by atoms with van der Waals surface area (Å²) < 4.78 is 5.19. The molecule has 0 aliphatic heterocycles. The van der Waals surface area contributed by atoms with Crippen molar-refractivity contribution in [2.75, 3.05) is 26.5 Å². The second-order valence-corrected chi connectivity index (χ2v) is 5.73. The fourth-order valence-electron chi connectivity index (χ4n) is 2.53. The molecule has 2 amide bonds. The standard InChI is InChI=1S/C16H20N2O5/c1-18(2)15(20)9-4-7-13(23-3)12(8-9)17-14(19)10-5-6-11(10)16(21)22/h4,7-8,10-11H,5-6H2,1-3H3,(H,17,19)(H,21,22). The summed E-state index contributed by atoms with van der Waals surface area (Å²) in [5.41, 5.74) is 0.774. The van der Waals surface area contributed by atoms with Crippen LogP contribution in [0.2, 0.25) is 0 Å². The highest BCUT2D eigenvalue weighted by molar-refractivity contribution is 6.00. The van der Waals surface area contributed by atoms with Crippen molar-refractivity contribution in [2.24, 2.45) is 11.8 Å². The van der Waals surface area contributed by atoms with Gasteiger partial charge >= 0.3 is 5.97 Å². The molecule has 2 rings (SSSR count). The average molecular weight is 320 g/mol. The summed E-state index contributed by atoms with van der Waals surface area (Å²) in [6, 6.07) is 4.75. The minimum absolute atomic E-state index is 0.199. The van der Waals surface area contributed by atoms with E-state index in [1.54, 1.807) is 26.2 Å². The van der Waals surface area contributed by atoms with Crippen LogP contribution in [-0.4, -0.2) is 49.0 Å². The molecular formula is C16H20N2O5. The molecule has 1 fully saturated rings. The molecule has 1 saturated carbocycles. The number of nitrogens with one attached hydrogen (secondary N) is 1. The van der Waals surface area contributed by atoms with Crippen molar-refractivity contribution >= 4 is 23.5 Å². The van der Waals surface area contributed by atoms with Crippen LogP contribution in [0, 0.1) is 11.8 Å². The Bertz CT molecular complexity index is 641. The molecule has 1 aliphatic carbocycles.